The Bertz CT molecular complexity index is 1030. The van der Waals surface area contributed by atoms with Crippen LogP contribution < -0.4 is 5.56 Å². The maximum atomic E-state index is 12.8. The molecule has 0 spiro atoms. The number of ketones is 1. The van der Waals surface area contributed by atoms with E-state index in [9.17, 15) is 9.59 Å². The summed E-state index contributed by atoms with van der Waals surface area (Å²) in [5.41, 5.74) is 3.68. The number of Topliss-reactive ketones (excluding diaryl/α,β-unsaturated/α-hetero) is 1. The summed E-state index contributed by atoms with van der Waals surface area (Å²) in [6, 6.07) is 5.63. The smallest absolute Gasteiger partial charge is 0.262 e. The first-order valence-corrected chi connectivity index (χ1v) is 8.69. The molecule has 5 heteroatoms. The Morgan fingerprint density at radius 1 is 1.12 bits per heavy atom. The fourth-order valence-electron chi connectivity index (χ4n) is 2.76. The summed E-state index contributed by atoms with van der Waals surface area (Å²) in [7, 11) is 0. The van der Waals surface area contributed by atoms with Crippen molar-refractivity contribution in [2.75, 3.05) is 0 Å². The number of aromatic nitrogens is 2. The van der Waals surface area contributed by atoms with Gasteiger partial charge in [0.1, 0.15) is 10.7 Å². The van der Waals surface area contributed by atoms with E-state index in [2.05, 4.69) is 4.98 Å². The van der Waals surface area contributed by atoms with E-state index in [-0.39, 0.29) is 17.9 Å². The summed E-state index contributed by atoms with van der Waals surface area (Å²) >= 11 is 1.53. The Balaban J connectivity index is 2.06. The first-order chi connectivity index (χ1) is 11.3. The van der Waals surface area contributed by atoms with Crippen LogP contribution in [0.2, 0.25) is 0 Å². The standard InChI is InChI=1S/C19H20N2O2S/c1-10-6-7-15(8-11(10)2)16(22)9-21-14(5)20-18-17(19(21)23)12(3)13(4)24-18/h6-8H,9H2,1-5H3. The van der Waals surface area contributed by atoms with Crippen molar-refractivity contribution in [2.45, 2.75) is 41.2 Å². The van der Waals surface area contributed by atoms with E-state index in [4.69, 9.17) is 0 Å². The highest BCUT2D eigenvalue weighted by molar-refractivity contribution is 7.18. The van der Waals surface area contributed by atoms with Gasteiger partial charge in [0.15, 0.2) is 5.78 Å². The summed E-state index contributed by atoms with van der Waals surface area (Å²) in [5, 5.41) is 0.635. The van der Waals surface area contributed by atoms with Crippen LogP contribution in [0.1, 0.15) is 37.7 Å². The van der Waals surface area contributed by atoms with E-state index in [0.29, 0.717) is 16.8 Å². The van der Waals surface area contributed by atoms with E-state index in [1.54, 1.807) is 6.92 Å². The molecule has 0 saturated heterocycles. The van der Waals surface area contributed by atoms with Crippen molar-refractivity contribution in [3.05, 3.63) is 61.5 Å². The zero-order chi connectivity index (χ0) is 17.6. The topological polar surface area (TPSA) is 52.0 Å². The number of carbonyl (C=O) groups is 1. The van der Waals surface area contributed by atoms with Gasteiger partial charge >= 0.3 is 0 Å². The van der Waals surface area contributed by atoms with Gasteiger partial charge in [-0.3, -0.25) is 14.2 Å². The van der Waals surface area contributed by atoms with Crippen LogP contribution >= 0.6 is 11.3 Å². The SMILES string of the molecule is Cc1ccc(C(=O)Cn2c(C)nc3sc(C)c(C)c3c2=O)cc1C. The maximum absolute atomic E-state index is 12.8. The highest BCUT2D eigenvalue weighted by Crippen LogP contribution is 2.26. The molecular formula is C19H20N2O2S. The van der Waals surface area contributed by atoms with Crippen LogP contribution in [0.15, 0.2) is 23.0 Å². The number of hydrogen-bond donors (Lipinski definition) is 0. The summed E-state index contributed by atoms with van der Waals surface area (Å²) in [6.07, 6.45) is 0. The first-order valence-electron chi connectivity index (χ1n) is 7.87. The number of carbonyl (C=O) groups excluding carboxylic acids is 1. The average molecular weight is 340 g/mol. The van der Waals surface area contributed by atoms with Crippen molar-refractivity contribution in [3.8, 4) is 0 Å². The summed E-state index contributed by atoms with van der Waals surface area (Å²) in [5.74, 6) is 0.500. The third kappa shape index (κ3) is 2.69. The number of benzene rings is 1. The second kappa shape index (κ2) is 5.98. The minimum absolute atomic E-state index is 0.0183. The predicted molar refractivity (Wildman–Crippen MR) is 98.3 cm³/mol. The number of aryl methyl sites for hydroxylation is 5. The Labute approximate surface area is 144 Å². The van der Waals surface area contributed by atoms with Crippen molar-refractivity contribution in [3.63, 3.8) is 0 Å². The molecule has 2 heterocycles. The maximum Gasteiger partial charge on any atom is 0.262 e. The Morgan fingerprint density at radius 3 is 2.50 bits per heavy atom. The second-order valence-electron chi connectivity index (χ2n) is 6.24. The zero-order valence-corrected chi connectivity index (χ0v) is 15.4. The van der Waals surface area contributed by atoms with E-state index < -0.39 is 0 Å². The lowest BCUT2D eigenvalue weighted by molar-refractivity contribution is 0.0969. The fraction of sp³-hybridized carbons (Fsp3) is 0.316. The Morgan fingerprint density at radius 2 is 1.83 bits per heavy atom. The quantitative estimate of drug-likeness (QED) is 0.680. The van der Waals surface area contributed by atoms with Crippen LogP contribution in [-0.4, -0.2) is 15.3 Å². The average Bonchev–Trinajstić information content (AvgIpc) is 2.80. The molecule has 2 aromatic heterocycles. The lowest BCUT2D eigenvalue weighted by Gasteiger charge is -2.10. The van der Waals surface area contributed by atoms with Crippen molar-refractivity contribution in [1.29, 1.82) is 0 Å². The minimum atomic E-state index is -0.128. The van der Waals surface area contributed by atoms with Crippen molar-refractivity contribution in [2.24, 2.45) is 0 Å². The van der Waals surface area contributed by atoms with Crippen LogP contribution in [-0.2, 0) is 6.54 Å². The van der Waals surface area contributed by atoms with Crippen molar-refractivity contribution in [1.82, 2.24) is 9.55 Å². The molecule has 124 valence electrons. The molecule has 0 bridgehead atoms. The van der Waals surface area contributed by atoms with Gasteiger partial charge in [0.2, 0.25) is 0 Å². The second-order valence-corrected chi connectivity index (χ2v) is 7.44. The normalized spacial score (nSPS) is 11.2. The van der Waals surface area contributed by atoms with Crippen LogP contribution in [0.5, 0.6) is 0 Å². The van der Waals surface area contributed by atoms with Crippen molar-refractivity contribution < 1.29 is 4.79 Å². The van der Waals surface area contributed by atoms with Gasteiger partial charge in [-0.2, -0.15) is 0 Å². The molecule has 0 saturated carbocycles. The van der Waals surface area contributed by atoms with Crippen LogP contribution in [0, 0.1) is 34.6 Å². The minimum Gasteiger partial charge on any atom is -0.292 e. The van der Waals surface area contributed by atoms with Gasteiger partial charge in [0, 0.05) is 10.4 Å². The van der Waals surface area contributed by atoms with Gasteiger partial charge in [0.05, 0.1) is 11.9 Å². The van der Waals surface area contributed by atoms with Gasteiger partial charge in [-0.15, -0.1) is 11.3 Å². The lowest BCUT2D eigenvalue weighted by atomic mass is 10.0. The van der Waals surface area contributed by atoms with Crippen LogP contribution in [0.4, 0.5) is 0 Å². The fourth-order valence-corrected chi connectivity index (χ4v) is 3.83. The zero-order valence-electron chi connectivity index (χ0n) is 14.6. The first kappa shape index (κ1) is 16.6. The van der Waals surface area contributed by atoms with Gasteiger partial charge < -0.3 is 0 Å². The van der Waals surface area contributed by atoms with E-state index >= 15 is 0 Å². The third-order valence-electron chi connectivity index (χ3n) is 4.61. The molecule has 0 aliphatic heterocycles. The molecule has 0 radical (unpaired) electrons. The molecule has 0 amide bonds. The molecular weight excluding hydrogens is 320 g/mol. The van der Waals surface area contributed by atoms with Crippen LogP contribution in [0.3, 0.4) is 0 Å². The molecule has 4 nitrogen and oxygen atoms in total. The summed E-state index contributed by atoms with van der Waals surface area (Å²) in [6.45, 7) is 9.71. The molecule has 0 aliphatic rings. The molecule has 0 N–H and O–H groups in total. The van der Waals surface area contributed by atoms with Gasteiger partial charge in [0.25, 0.3) is 5.56 Å². The Hall–Kier alpha value is -2.27. The van der Waals surface area contributed by atoms with Crippen LogP contribution in [0.25, 0.3) is 10.2 Å². The molecule has 0 aliphatic carbocycles. The summed E-state index contributed by atoms with van der Waals surface area (Å²) < 4.78 is 1.49. The largest absolute Gasteiger partial charge is 0.292 e. The van der Waals surface area contributed by atoms with Gasteiger partial charge in [-0.05, 0) is 57.4 Å². The highest BCUT2D eigenvalue weighted by Gasteiger charge is 2.17. The highest BCUT2D eigenvalue weighted by atomic mass is 32.1. The van der Waals surface area contributed by atoms with Gasteiger partial charge in [-0.1, -0.05) is 12.1 Å². The molecule has 0 fully saturated rings. The van der Waals surface area contributed by atoms with E-state index in [1.807, 2.05) is 45.9 Å². The number of nitrogens with zero attached hydrogens (tertiary/aromatic N) is 2. The molecule has 0 unspecified atom stereocenters. The van der Waals surface area contributed by atoms with E-state index in [1.165, 1.54) is 15.9 Å². The van der Waals surface area contributed by atoms with Gasteiger partial charge in [-0.25, -0.2) is 4.98 Å². The predicted octanol–water partition coefficient (Wildman–Crippen LogP) is 3.88. The number of fused-ring (bicyclic) bond motifs is 1. The number of hydrogen-bond acceptors (Lipinski definition) is 4. The molecule has 3 rings (SSSR count). The number of rotatable bonds is 3. The molecule has 24 heavy (non-hydrogen) atoms. The summed E-state index contributed by atoms with van der Waals surface area (Å²) in [4.78, 5) is 31.8. The monoisotopic (exact) mass is 340 g/mol. The van der Waals surface area contributed by atoms with Crippen molar-refractivity contribution >= 4 is 27.3 Å². The molecule has 1 aromatic carbocycles. The lowest BCUT2D eigenvalue weighted by Crippen LogP contribution is -2.27. The Kier molecular flexibility index (Phi) is 4.13. The molecule has 3 aromatic rings. The third-order valence-corrected chi connectivity index (χ3v) is 5.71. The van der Waals surface area contributed by atoms with E-state index in [0.717, 1.165) is 26.4 Å². The molecule has 0 atom stereocenters. The number of thiophene rings is 1.